The van der Waals surface area contributed by atoms with Crippen molar-refractivity contribution in [2.75, 3.05) is 6.54 Å². The van der Waals surface area contributed by atoms with Crippen LogP contribution in [-0.2, 0) is 4.74 Å². The summed E-state index contributed by atoms with van der Waals surface area (Å²) in [5.41, 5.74) is 0.713. The van der Waals surface area contributed by atoms with Gasteiger partial charge in [-0.25, -0.2) is 4.79 Å². The second kappa shape index (κ2) is 7.98. The molecular formula is C16H27N3O2. The standard InChI is InChI=1S/C16H27N3O2/c1-6-14(11-18-15(20)21-16(3,4)5)19-12(2)13-7-9-17-10-8-13/h7-10,12,14,19H,6,11H2,1-5H3,(H,18,20). The summed E-state index contributed by atoms with van der Waals surface area (Å²) in [4.78, 5) is 15.7. The van der Waals surface area contributed by atoms with Crippen LogP contribution in [0.25, 0.3) is 0 Å². The zero-order valence-corrected chi connectivity index (χ0v) is 13.6. The third-order valence-corrected chi connectivity index (χ3v) is 3.08. The van der Waals surface area contributed by atoms with Gasteiger partial charge in [-0.15, -0.1) is 0 Å². The number of rotatable bonds is 6. The molecule has 0 saturated carbocycles. The van der Waals surface area contributed by atoms with E-state index in [9.17, 15) is 4.79 Å². The number of carbonyl (C=O) groups is 1. The van der Waals surface area contributed by atoms with Gasteiger partial charge < -0.3 is 15.4 Å². The molecule has 1 rings (SSSR count). The van der Waals surface area contributed by atoms with Crippen LogP contribution in [0.4, 0.5) is 4.79 Å². The molecule has 0 aliphatic heterocycles. The Morgan fingerprint density at radius 2 is 1.95 bits per heavy atom. The van der Waals surface area contributed by atoms with Crippen molar-refractivity contribution < 1.29 is 9.53 Å². The van der Waals surface area contributed by atoms with E-state index in [4.69, 9.17) is 4.74 Å². The van der Waals surface area contributed by atoms with E-state index in [1.54, 1.807) is 12.4 Å². The molecular weight excluding hydrogens is 266 g/mol. The molecule has 1 aromatic heterocycles. The van der Waals surface area contributed by atoms with Gasteiger partial charge in [-0.05, 0) is 51.8 Å². The van der Waals surface area contributed by atoms with Gasteiger partial charge >= 0.3 is 6.09 Å². The summed E-state index contributed by atoms with van der Waals surface area (Å²) in [6.07, 6.45) is 4.12. The molecule has 2 atom stereocenters. The third-order valence-electron chi connectivity index (χ3n) is 3.08. The normalized spacial score (nSPS) is 14.3. The smallest absolute Gasteiger partial charge is 0.407 e. The highest BCUT2D eigenvalue weighted by Gasteiger charge is 2.18. The monoisotopic (exact) mass is 293 g/mol. The number of alkyl carbamates (subject to hydrolysis) is 1. The van der Waals surface area contributed by atoms with E-state index in [1.807, 2.05) is 32.9 Å². The van der Waals surface area contributed by atoms with Crippen LogP contribution in [0.15, 0.2) is 24.5 Å². The third kappa shape index (κ3) is 7.09. The number of carbonyl (C=O) groups excluding carboxylic acids is 1. The summed E-state index contributed by atoms with van der Waals surface area (Å²) >= 11 is 0. The first-order chi connectivity index (χ1) is 9.81. The topological polar surface area (TPSA) is 63.2 Å². The summed E-state index contributed by atoms with van der Waals surface area (Å²) in [5.74, 6) is 0. The lowest BCUT2D eigenvalue weighted by Crippen LogP contribution is -2.43. The van der Waals surface area contributed by atoms with Gasteiger partial charge in [0.05, 0.1) is 0 Å². The van der Waals surface area contributed by atoms with Crippen LogP contribution in [0, 0.1) is 0 Å². The highest BCUT2D eigenvalue weighted by atomic mass is 16.6. The Hall–Kier alpha value is -1.62. The van der Waals surface area contributed by atoms with Crippen LogP contribution >= 0.6 is 0 Å². The van der Waals surface area contributed by atoms with Gasteiger partial charge in [0.25, 0.3) is 0 Å². The van der Waals surface area contributed by atoms with E-state index < -0.39 is 5.60 Å². The van der Waals surface area contributed by atoms with E-state index in [-0.39, 0.29) is 18.2 Å². The van der Waals surface area contributed by atoms with Crippen molar-refractivity contribution in [2.45, 2.75) is 58.7 Å². The Kier molecular flexibility index (Phi) is 6.62. The Morgan fingerprint density at radius 1 is 1.33 bits per heavy atom. The molecule has 1 aromatic rings. The van der Waals surface area contributed by atoms with Crippen LogP contribution in [0.5, 0.6) is 0 Å². The molecule has 5 heteroatoms. The molecule has 1 heterocycles. The summed E-state index contributed by atoms with van der Waals surface area (Å²) in [5, 5.41) is 6.31. The van der Waals surface area contributed by atoms with Crippen molar-refractivity contribution in [2.24, 2.45) is 0 Å². The Morgan fingerprint density at radius 3 is 2.48 bits per heavy atom. The van der Waals surface area contributed by atoms with Gasteiger partial charge in [0.2, 0.25) is 0 Å². The Labute approximate surface area is 127 Å². The molecule has 118 valence electrons. The fraction of sp³-hybridized carbons (Fsp3) is 0.625. The number of nitrogens with zero attached hydrogens (tertiary/aromatic N) is 1. The van der Waals surface area contributed by atoms with Crippen molar-refractivity contribution in [3.05, 3.63) is 30.1 Å². The summed E-state index contributed by atoms with van der Waals surface area (Å²) in [7, 11) is 0. The Bertz CT molecular complexity index is 429. The first-order valence-electron chi connectivity index (χ1n) is 7.44. The SMILES string of the molecule is CCC(CNC(=O)OC(C)(C)C)NC(C)c1ccncc1. The molecule has 2 unspecified atom stereocenters. The minimum absolute atomic E-state index is 0.195. The number of amides is 1. The molecule has 0 aromatic carbocycles. The summed E-state index contributed by atoms with van der Waals surface area (Å²) in [6, 6.07) is 4.39. The minimum Gasteiger partial charge on any atom is -0.444 e. The van der Waals surface area contributed by atoms with Crippen molar-refractivity contribution >= 4 is 6.09 Å². The molecule has 0 spiro atoms. The van der Waals surface area contributed by atoms with Crippen LogP contribution < -0.4 is 10.6 Å². The maximum Gasteiger partial charge on any atom is 0.407 e. The van der Waals surface area contributed by atoms with Crippen molar-refractivity contribution in [3.8, 4) is 0 Å². The molecule has 21 heavy (non-hydrogen) atoms. The quantitative estimate of drug-likeness (QED) is 0.846. The summed E-state index contributed by atoms with van der Waals surface area (Å²) in [6.45, 7) is 10.3. The Balaban J connectivity index is 2.43. The van der Waals surface area contributed by atoms with Gasteiger partial charge in [0, 0.05) is 31.0 Å². The van der Waals surface area contributed by atoms with E-state index >= 15 is 0 Å². The average Bonchev–Trinajstić information content (AvgIpc) is 2.42. The number of ether oxygens (including phenoxy) is 1. The van der Waals surface area contributed by atoms with Gasteiger partial charge in [-0.2, -0.15) is 0 Å². The molecule has 0 fully saturated rings. The first kappa shape index (κ1) is 17.4. The van der Waals surface area contributed by atoms with Gasteiger partial charge in [0.1, 0.15) is 5.60 Å². The van der Waals surface area contributed by atoms with E-state index in [0.29, 0.717) is 6.54 Å². The molecule has 0 radical (unpaired) electrons. The number of nitrogens with one attached hydrogen (secondary N) is 2. The fourth-order valence-electron chi connectivity index (χ4n) is 1.94. The zero-order valence-electron chi connectivity index (χ0n) is 13.6. The molecule has 0 bridgehead atoms. The largest absolute Gasteiger partial charge is 0.444 e. The molecule has 0 saturated heterocycles. The van der Waals surface area contributed by atoms with Crippen LogP contribution in [0.1, 0.15) is 52.6 Å². The van der Waals surface area contributed by atoms with E-state index in [2.05, 4.69) is 29.5 Å². The highest BCUT2D eigenvalue weighted by Crippen LogP contribution is 2.12. The highest BCUT2D eigenvalue weighted by molar-refractivity contribution is 5.67. The molecule has 2 N–H and O–H groups in total. The zero-order chi connectivity index (χ0) is 15.9. The van der Waals surface area contributed by atoms with E-state index in [1.165, 1.54) is 5.56 Å². The van der Waals surface area contributed by atoms with Crippen molar-refractivity contribution in [1.29, 1.82) is 0 Å². The number of hydrogen-bond acceptors (Lipinski definition) is 4. The van der Waals surface area contributed by atoms with Gasteiger partial charge in [-0.1, -0.05) is 6.92 Å². The van der Waals surface area contributed by atoms with Gasteiger partial charge in [-0.3, -0.25) is 4.98 Å². The second-order valence-corrected chi connectivity index (χ2v) is 6.16. The minimum atomic E-state index is -0.469. The predicted molar refractivity (Wildman–Crippen MR) is 84.1 cm³/mol. The van der Waals surface area contributed by atoms with Crippen molar-refractivity contribution in [1.82, 2.24) is 15.6 Å². The van der Waals surface area contributed by atoms with Crippen molar-refractivity contribution in [3.63, 3.8) is 0 Å². The number of pyridine rings is 1. The van der Waals surface area contributed by atoms with Crippen LogP contribution in [0.3, 0.4) is 0 Å². The average molecular weight is 293 g/mol. The van der Waals surface area contributed by atoms with Crippen LogP contribution in [-0.4, -0.2) is 29.3 Å². The lowest BCUT2D eigenvalue weighted by Gasteiger charge is -2.24. The number of hydrogen-bond donors (Lipinski definition) is 2. The maximum atomic E-state index is 11.7. The number of aromatic nitrogens is 1. The molecule has 0 aliphatic carbocycles. The molecule has 0 aliphatic rings. The fourth-order valence-corrected chi connectivity index (χ4v) is 1.94. The maximum absolute atomic E-state index is 11.7. The lowest BCUT2D eigenvalue weighted by atomic mass is 10.1. The van der Waals surface area contributed by atoms with E-state index in [0.717, 1.165) is 6.42 Å². The molecule has 1 amide bonds. The predicted octanol–water partition coefficient (Wildman–Crippen LogP) is 3.04. The molecule has 5 nitrogen and oxygen atoms in total. The second-order valence-electron chi connectivity index (χ2n) is 6.16. The first-order valence-corrected chi connectivity index (χ1v) is 7.44. The summed E-state index contributed by atoms with van der Waals surface area (Å²) < 4.78 is 5.24. The van der Waals surface area contributed by atoms with Gasteiger partial charge in [0.15, 0.2) is 0 Å². The lowest BCUT2D eigenvalue weighted by molar-refractivity contribution is 0.0521. The van der Waals surface area contributed by atoms with Crippen LogP contribution in [0.2, 0.25) is 0 Å².